The summed E-state index contributed by atoms with van der Waals surface area (Å²) in [5.74, 6) is -2.84. The quantitative estimate of drug-likeness (QED) is 0.632. The van der Waals surface area contributed by atoms with E-state index >= 15 is 0 Å². The summed E-state index contributed by atoms with van der Waals surface area (Å²) in [6, 6.07) is 4.49. The Kier molecular flexibility index (Phi) is 5.87. The summed E-state index contributed by atoms with van der Waals surface area (Å²) in [4.78, 5) is 20.6. The number of alkyl halides is 2. The predicted octanol–water partition coefficient (Wildman–Crippen LogP) is 2.83. The Morgan fingerprint density at radius 3 is 2.76 bits per heavy atom. The minimum absolute atomic E-state index is 0.0537. The van der Waals surface area contributed by atoms with E-state index in [0.29, 0.717) is 0 Å². The number of ether oxygens (including phenoxy) is 3. The maximum absolute atomic E-state index is 14.9. The molecular formula is C21H20F4N4O4. The summed E-state index contributed by atoms with van der Waals surface area (Å²) in [6.45, 7) is 1.37. The highest BCUT2D eigenvalue weighted by molar-refractivity contribution is 6.03. The lowest BCUT2D eigenvalue weighted by atomic mass is 9.69. The van der Waals surface area contributed by atoms with Crippen molar-refractivity contribution < 1.29 is 36.6 Å². The zero-order valence-electron chi connectivity index (χ0n) is 17.4. The van der Waals surface area contributed by atoms with E-state index in [2.05, 4.69) is 20.0 Å². The van der Waals surface area contributed by atoms with Crippen molar-refractivity contribution in [3.8, 4) is 5.75 Å². The van der Waals surface area contributed by atoms with Gasteiger partial charge in [0.2, 0.25) is 0 Å². The first-order chi connectivity index (χ1) is 15.6. The third-order valence-corrected chi connectivity index (χ3v) is 5.65. The largest absolute Gasteiger partial charge is 0.486 e. The molecule has 0 spiro atoms. The van der Waals surface area contributed by atoms with Gasteiger partial charge in [0.05, 0.1) is 24.8 Å². The fraction of sp³-hybridized carbons (Fsp3) is 0.381. The maximum Gasteiger partial charge on any atom is 0.282 e. The Hall–Kier alpha value is -3.41. The smallest absolute Gasteiger partial charge is 0.282 e. The predicted molar refractivity (Wildman–Crippen MR) is 108 cm³/mol. The minimum atomic E-state index is -2.74. The summed E-state index contributed by atoms with van der Waals surface area (Å²) < 4.78 is 69.3. The number of nitrogens with two attached hydrogens (primary N) is 1. The lowest BCUT2D eigenvalue weighted by Gasteiger charge is -2.42. The van der Waals surface area contributed by atoms with E-state index < -0.39 is 47.2 Å². The van der Waals surface area contributed by atoms with E-state index in [1.54, 1.807) is 0 Å². The molecule has 1 fully saturated rings. The Balaban J connectivity index is 1.60. The number of pyridine rings is 1. The number of carbonyl (C=O) groups is 1. The summed E-state index contributed by atoms with van der Waals surface area (Å²) >= 11 is 0. The van der Waals surface area contributed by atoms with Crippen molar-refractivity contribution in [1.82, 2.24) is 4.98 Å². The molecule has 2 aliphatic heterocycles. The average molecular weight is 468 g/mol. The number of fused-ring (bicyclic) bond motifs is 1. The van der Waals surface area contributed by atoms with E-state index in [-0.39, 0.29) is 42.8 Å². The van der Waals surface area contributed by atoms with Gasteiger partial charge < -0.3 is 25.3 Å². The van der Waals surface area contributed by atoms with E-state index in [4.69, 9.17) is 15.2 Å². The van der Waals surface area contributed by atoms with Gasteiger partial charge >= 0.3 is 0 Å². The Morgan fingerprint density at radius 1 is 1.24 bits per heavy atom. The van der Waals surface area contributed by atoms with Crippen molar-refractivity contribution >= 4 is 17.6 Å². The highest BCUT2D eigenvalue weighted by Crippen LogP contribution is 2.51. The number of hydrogen-bond donors (Lipinski definition) is 2. The van der Waals surface area contributed by atoms with E-state index in [1.165, 1.54) is 12.1 Å². The fourth-order valence-corrected chi connectivity index (χ4v) is 3.90. The Bertz CT molecular complexity index is 1120. The van der Waals surface area contributed by atoms with Crippen molar-refractivity contribution in [1.29, 1.82) is 0 Å². The number of nitrogens with one attached hydrogen (secondary N) is 1. The molecule has 8 nitrogen and oxygen atoms in total. The van der Waals surface area contributed by atoms with E-state index in [0.717, 1.165) is 18.3 Å². The van der Waals surface area contributed by atoms with Crippen molar-refractivity contribution in [2.45, 2.75) is 18.9 Å². The van der Waals surface area contributed by atoms with Crippen molar-refractivity contribution in [2.24, 2.45) is 16.1 Å². The zero-order chi connectivity index (χ0) is 23.8. The van der Waals surface area contributed by atoms with Gasteiger partial charge in [-0.05, 0) is 18.2 Å². The second-order valence-electron chi connectivity index (χ2n) is 8.00. The number of aromatic nitrogens is 1. The number of amides is 1. The molecule has 2 aromatic rings. The van der Waals surface area contributed by atoms with Crippen LogP contribution in [0.15, 0.2) is 35.5 Å². The van der Waals surface area contributed by atoms with Crippen LogP contribution < -0.4 is 15.8 Å². The molecule has 0 saturated carbocycles. The molecule has 1 aromatic heterocycles. The van der Waals surface area contributed by atoms with Gasteiger partial charge in [0.1, 0.15) is 30.3 Å². The zero-order valence-corrected chi connectivity index (χ0v) is 17.4. The molecule has 0 radical (unpaired) electrons. The summed E-state index contributed by atoms with van der Waals surface area (Å²) in [7, 11) is 0. The highest BCUT2D eigenvalue weighted by Gasteiger charge is 2.58. The SMILES string of the molecule is CC12COCC1(c1cc(NC(=O)c3ncc(OCC(F)F)cc3F)ccc1F)N=C(N)OC2. The molecule has 1 saturated heterocycles. The van der Waals surface area contributed by atoms with E-state index in [1.807, 2.05) is 6.92 Å². The van der Waals surface area contributed by atoms with Gasteiger partial charge in [0.15, 0.2) is 11.5 Å². The van der Waals surface area contributed by atoms with Gasteiger partial charge in [-0.2, -0.15) is 0 Å². The van der Waals surface area contributed by atoms with Gasteiger partial charge in [0.25, 0.3) is 18.4 Å². The molecule has 33 heavy (non-hydrogen) atoms. The number of benzene rings is 1. The third kappa shape index (κ3) is 4.17. The van der Waals surface area contributed by atoms with Crippen LogP contribution in [0.4, 0.5) is 23.2 Å². The molecule has 4 rings (SSSR count). The van der Waals surface area contributed by atoms with Gasteiger partial charge in [-0.1, -0.05) is 6.92 Å². The van der Waals surface area contributed by atoms with Gasteiger partial charge in [-0.15, -0.1) is 0 Å². The number of halogens is 4. The lowest BCUT2D eigenvalue weighted by Crippen LogP contribution is -2.50. The summed E-state index contributed by atoms with van der Waals surface area (Å²) in [5, 5.41) is 2.46. The number of carbonyl (C=O) groups excluding carboxylic acids is 1. The monoisotopic (exact) mass is 468 g/mol. The second kappa shape index (κ2) is 8.50. The van der Waals surface area contributed by atoms with Crippen LogP contribution in [0.5, 0.6) is 5.75 Å². The molecule has 2 aliphatic rings. The second-order valence-corrected chi connectivity index (χ2v) is 8.00. The molecule has 3 heterocycles. The van der Waals surface area contributed by atoms with Gasteiger partial charge in [-0.25, -0.2) is 27.5 Å². The highest BCUT2D eigenvalue weighted by atomic mass is 19.3. The van der Waals surface area contributed by atoms with Crippen LogP contribution >= 0.6 is 0 Å². The molecule has 1 amide bonds. The van der Waals surface area contributed by atoms with Gasteiger partial charge in [0, 0.05) is 17.3 Å². The molecule has 3 N–H and O–H groups in total. The molecule has 2 unspecified atom stereocenters. The van der Waals surface area contributed by atoms with Crippen molar-refractivity contribution in [2.75, 3.05) is 31.7 Å². The number of nitrogens with zero attached hydrogens (tertiary/aromatic N) is 2. The number of aliphatic imine (C=N–C) groups is 1. The minimum Gasteiger partial charge on any atom is -0.486 e. The fourth-order valence-electron chi connectivity index (χ4n) is 3.90. The number of hydrogen-bond acceptors (Lipinski definition) is 7. The molecule has 0 bridgehead atoms. The van der Waals surface area contributed by atoms with Crippen LogP contribution in [0, 0.1) is 17.0 Å². The third-order valence-electron chi connectivity index (χ3n) is 5.65. The van der Waals surface area contributed by atoms with E-state index in [9.17, 15) is 22.4 Å². The first kappa shape index (κ1) is 22.8. The number of amidine groups is 1. The van der Waals surface area contributed by atoms with Crippen LogP contribution in [0.1, 0.15) is 23.0 Å². The molecular weight excluding hydrogens is 448 g/mol. The first-order valence-corrected chi connectivity index (χ1v) is 9.87. The summed E-state index contributed by atoms with van der Waals surface area (Å²) in [5.41, 5.74) is 3.58. The average Bonchev–Trinajstić information content (AvgIpc) is 3.10. The van der Waals surface area contributed by atoms with Crippen LogP contribution in [0.3, 0.4) is 0 Å². The molecule has 176 valence electrons. The topological polar surface area (TPSA) is 108 Å². The van der Waals surface area contributed by atoms with Crippen LogP contribution in [-0.4, -0.2) is 49.8 Å². The molecule has 12 heteroatoms. The van der Waals surface area contributed by atoms with Gasteiger partial charge in [-0.3, -0.25) is 4.79 Å². The Labute approximate surface area is 185 Å². The van der Waals surface area contributed by atoms with Crippen molar-refractivity contribution in [3.05, 3.63) is 53.4 Å². The number of rotatable bonds is 6. The Morgan fingerprint density at radius 2 is 2.03 bits per heavy atom. The standard InChI is InChI=1S/C21H20F4N4O4/c1-20-8-31-10-21(20,29-19(26)33-9-20)13-4-11(2-3-14(13)22)28-18(30)17-15(23)5-12(6-27-17)32-7-16(24)25/h2-6,16H,7-10H2,1H3,(H2,26,29)(H,28,30). The first-order valence-electron chi connectivity index (χ1n) is 9.87. The van der Waals surface area contributed by atoms with Crippen LogP contribution in [0.2, 0.25) is 0 Å². The normalized spacial score (nSPS) is 24.1. The lowest BCUT2D eigenvalue weighted by molar-refractivity contribution is 0.0665. The number of anilines is 1. The molecule has 1 aromatic carbocycles. The van der Waals surface area contributed by atoms with Crippen LogP contribution in [-0.2, 0) is 15.0 Å². The van der Waals surface area contributed by atoms with Crippen molar-refractivity contribution in [3.63, 3.8) is 0 Å². The molecule has 0 aliphatic carbocycles. The van der Waals surface area contributed by atoms with Crippen LogP contribution in [0.25, 0.3) is 0 Å². The maximum atomic E-state index is 14.9. The molecule has 2 atom stereocenters. The summed E-state index contributed by atoms with van der Waals surface area (Å²) in [6.07, 6.45) is -1.79.